The van der Waals surface area contributed by atoms with Gasteiger partial charge in [-0.3, -0.25) is 9.59 Å². The molecule has 1 aromatic carbocycles. The van der Waals surface area contributed by atoms with Gasteiger partial charge in [0.1, 0.15) is 5.75 Å². The molecule has 0 radical (unpaired) electrons. The number of hydrogen-bond donors (Lipinski definition) is 1. The number of benzene rings is 1. The van der Waals surface area contributed by atoms with E-state index >= 15 is 0 Å². The highest BCUT2D eigenvalue weighted by molar-refractivity contribution is 6.35. The van der Waals surface area contributed by atoms with Gasteiger partial charge in [0.15, 0.2) is 13.2 Å². The SMILES string of the molecule is CNC(=O)CN(C)C(=O)COC(=O)COc1ccc(Cl)cc1Cl. The fraction of sp³-hybridized carbons (Fsp3) is 0.357. The van der Waals surface area contributed by atoms with E-state index in [1.54, 1.807) is 6.07 Å². The second-order valence-corrected chi connectivity index (χ2v) is 5.29. The Morgan fingerprint density at radius 2 is 1.91 bits per heavy atom. The fourth-order valence-electron chi connectivity index (χ4n) is 1.41. The van der Waals surface area contributed by atoms with Crippen LogP contribution in [0, 0.1) is 0 Å². The van der Waals surface area contributed by atoms with Crippen LogP contribution in [0.25, 0.3) is 0 Å². The molecule has 9 heteroatoms. The van der Waals surface area contributed by atoms with Gasteiger partial charge in [0.2, 0.25) is 5.91 Å². The Morgan fingerprint density at radius 3 is 2.52 bits per heavy atom. The molecular weight excluding hydrogens is 347 g/mol. The lowest BCUT2D eigenvalue weighted by Crippen LogP contribution is -2.39. The maximum absolute atomic E-state index is 11.7. The maximum Gasteiger partial charge on any atom is 0.344 e. The molecule has 1 N–H and O–H groups in total. The monoisotopic (exact) mass is 362 g/mol. The number of hydrogen-bond acceptors (Lipinski definition) is 5. The Bertz CT molecular complexity index is 595. The number of carbonyl (C=O) groups is 3. The Balaban J connectivity index is 2.36. The lowest BCUT2D eigenvalue weighted by molar-refractivity contribution is -0.153. The van der Waals surface area contributed by atoms with Crippen LogP contribution in [-0.4, -0.2) is 56.5 Å². The molecule has 0 fully saturated rings. The molecule has 0 aliphatic rings. The number of rotatable bonds is 7. The highest BCUT2D eigenvalue weighted by atomic mass is 35.5. The minimum Gasteiger partial charge on any atom is -0.480 e. The van der Waals surface area contributed by atoms with Crippen molar-refractivity contribution in [1.29, 1.82) is 0 Å². The van der Waals surface area contributed by atoms with Crippen LogP contribution in [0.2, 0.25) is 10.0 Å². The maximum atomic E-state index is 11.7. The zero-order valence-electron chi connectivity index (χ0n) is 12.6. The van der Waals surface area contributed by atoms with E-state index in [0.29, 0.717) is 5.02 Å². The van der Waals surface area contributed by atoms with Gasteiger partial charge in [-0.25, -0.2) is 4.79 Å². The molecule has 0 heterocycles. The quantitative estimate of drug-likeness (QED) is 0.734. The molecule has 7 nitrogen and oxygen atoms in total. The molecule has 1 aromatic rings. The average Bonchev–Trinajstić information content (AvgIpc) is 2.51. The Morgan fingerprint density at radius 1 is 1.22 bits per heavy atom. The summed E-state index contributed by atoms with van der Waals surface area (Å²) >= 11 is 11.6. The number of ether oxygens (including phenoxy) is 2. The summed E-state index contributed by atoms with van der Waals surface area (Å²) in [7, 11) is 2.88. The summed E-state index contributed by atoms with van der Waals surface area (Å²) < 4.78 is 9.94. The molecule has 0 aliphatic carbocycles. The summed E-state index contributed by atoms with van der Waals surface area (Å²) in [5.74, 6) is -1.30. The number of amides is 2. The van der Waals surface area contributed by atoms with Gasteiger partial charge in [-0.2, -0.15) is 0 Å². The first-order valence-corrected chi connectivity index (χ1v) is 7.27. The largest absolute Gasteiger partial charge is 0.480 e. The van der Waals surface area contributed by atoms with E-state index in [1.165, 1.54) is 26.2 Å². The predicted molar refractivity (Wildman–Crippen MR) is 84.6 cm³/mol. The molecule has 1 rings (SSSR count). The molecule has 0 saturated carbocycles. The van der Waals surface area contributed by atoms with Gasteiger partial charge in [0.25, 0.3) is 5.91 Å². The number of nitrogens with one attached hydrogen (secondary N) is 1. The Kier molecular flexibility index (Phi) is 7.64. The summed E-state index contributed by atoms with van der Waals surface area (Å²) in [5, 5.41) is 3.08. The number of nitrogens with zero attached hydrogens (tertiary/aromatic N) is 1. The first kappa shape index (κ1) is 19.1. The summed E-state index contributed by atoms with van der Waals surface area (Å²) in [6.07, 6.45) is 0. The molecule has 126 valence electrons. The van der Waals surface area contributed by atoms with E-state index in [9.17, 15) is 14.4 Å². The van der Waals surface area contributed by atoms with E-state index in [-0.39, 0.29) is 23.2 Å². The molecule has 0 atom stereocenters. The zero-order chi connectivity index (χ0) is 17.4. The topological polar surface area (TPSA) is 84.9 Å². The van der Waals surface area contributed by atoms with E-state index in [1.807, 2.05) is 0 Å². The van der Waals surface area contributed by atoms with Crippen LogP contribution < -0.4 is 10.1 Å². The van der Waals surface area contributed by atoms with Crippen molar-refractivity contribution < 1.29 is 23.9 Å². The van der Waals surface area contributed by atoms with Gasteiger partial charge >= 0.3 is 5.97 Å². The van der Waals surface area contributed by atoms with Crippen LogP contribution in [0.5, 0.6) is 5.75 Å². The van der Waals surface area contributed by atoms with Gasteiger partial charge in [0.05, 0.1) is 11.6 Å². The van der Waals surface area contributed by atoms with Crippen molar-refractivity contribution in [3.8, 4) is 5.75 Å². The number of halogens is 2. The molecule has 0 saturated heterocycles. The summed E-state index contributed by atoms with van der Waals surface area (Å²) in [4.78, 5) is 35.5. The first-order valence-electron chi connectivity index (χ1n) is 6.51. The third kappa shape index (κ3) is 6.75. The fourth-order valence-corrected chi connectivity index (χ4v) is 1.87. The van der Waals surface area contributed by atoms with E-state index in [0.717, 1.165) is 4.90 Å². The third-order valence-electron chi connectivity index (χ3n) is 2.68. The minimum absolute atomic E-state index is 0.121. The molecule has 2 amide bonds. The van der Waals surface area contributed by atoms with Gasteiger partial charge in [0, 0.05) is 19.1 Å². The normalized spacial score (nSPS) is 9.91. The highest BCUT2D eigenvalue weighted by Gasteiger charge is 2.15. The molecule has 0 unspecified atom stereocenters. The molecule has 0 aromatic heterocycles. The van der Waals surface area contributed by atoms with E-state index < -0.39 is 25.1 Å². The lowest BCUT2D eigenvalue weighted by Gasteiger charge is -2.16. The Hall–Kier alpha value is -1.99. The van der Waals surface area contributed by atoms with Crippen molar-refractivity contribution in [3.63, 3.8) is 0 Å². The van der Waals surface area contributed by atoms with Crippen LogP contribution in [0.1, 0.15) is 0 Å². The number of esters is 1. The Labute approximate surface area is 143 Å². The van der Waals surface area contributed by atoms with Gasteiger partial charge in [-0.15, -0.1) is 0 Å². The lowest BCUT2D eigenvalue weighted by atomic mass is 10.3. The number of carbonyl (C=O) groups excluding carboxylic acids is 3. The standard InChI is InChI=1S/C14H16Cl2N2O5/c1-17-12(19)6-18(2)13(20)7-23-14(21)8-22-11-4-3-9(15)5-10(11)16/h3-5H,6-8H2,1-2H3,(H,17,19). The zero-order valence-corrected chi connectivity index (χ0v) is 14.1. The van der Waals surface area contributed by atoms with Crippen molar-refractivity contribution >= 4 is 41.0 Å². The smallest absolute Gasteiger partial charge is 0.344 e. The van der Waals surface area contributed by atoms with Gasteiger partial charge in [-0.1, -0.05) is 23.2 Å². The van der Waals surface area contributed by atoms with Crippen LogP contribution in [-0.2, 0) is 19.1 Å². The molecule has 0 bridgehead atoms. The average molecular weight is 363 g/mol. The van der Waals surface area contributed by atoms with Crippen LogP contribution in [0.4, 0.5) is 0 Å². The van der Waals surface area contributed by atoms with Crippen molar-refractivity contribution in [2.24, 2.45) is 0 Å². The van der Waals surface area contributed by atoms with E-state index in [4.69, 9.17) is 32.7 Å². The van der Waals surface area contributed by atoms with Gasteiger partial charge in [-0.05, 0) is 18.2 Å². The molecular formula is C14H16Cl2N2O5. The first-order chi connectivity index (χ1) is 10.8. The van der Waals surface area contributed by atoms with Crippen molar-refractivity contribution in [2.75, 3.05) is 33.9 Å². The van der Waals surface area contributed by atoms with E-state index in [2.05, 4.69) is 5.32 Å². The molecule has 0 aliphatic heterocycles. The second kappa shape index (κ2) is 9.22. The third-order valence-corrected chi connectivity index (χ3v) is 3.21. The molecule has 0 spiro atoms. The van der Waals surface area contributed by atoms with Crippen molar-refractivity contribution in [3.05, 3.63) is 28.2 Å². The van der Waals surface area contributed by atoms with Crippen LogP contribution in [0.15, 0.2) is 18.2 Å². The van der Waals surface area contributed by atoms with Crippen LogP contribution in [0.3, 0.4) is 0 Å². The molecule has 23 heavy (non-hydrogen) atoms. The number of likely N-dealkylation sites (N-methyl/N-ethyl adjacent to an activating group) is 2. The summed E-state index contributed by atoms with van der Waals surface area (Å²) in [6, 6.07) is 4.55. The van der Waals surface area contributed by atoms with Crippen molar-refractivity contribution in [2.45, 2.75) is 0 Å². The van der Waals surface area contributed by atoms with Crippen LogP contribution >= 0.6 is 23.2 Å². The highest BCUT2D eigenvalue weighted by Crippen LogP contribution is 2.27. The summed E-state index contributed by atoms with van der Waals surface area (Å²) in [5.41, 5.74) is 0. The van der Waals surface area contributed by atoms with Crippen molar-refractivity contribution in [1.82, 2.24) is 10.2 Å². The second-order valence-electron chi connectivity index (χ2n) is 4.45. The predicted octanol–water partition coefficient (Wildman–Crippen LogP) is 1.12. The minimum atomic E-state index is -0.738. The van der Waals surface area contributed by atoms with Gasteiger partial charge < -0.3 is 19.7 Å². The summed E-state index contributed by atoms with van der Waals surface area (Å²) in [6.45, 7) is -1.01.